The Morgan fingerprint density at radius 1 is 1.23 bits per heavy atom. The van der Waals surface area contributed by atoms with Gasteiger partial charge in [-0.25, -0.2) is 4.79 Å². The molecule has 1 aromatic rings. The van der Waals surface area contributed by atoms with E-state index in [0.717, 1.165) is 56.9 Å². The van der Waals surface area contributed by atoms with E-state index in [1.54, 1.807) is 0 Å². The Morgan fingerprint density at radius 3 is 2.73 bits per heavy atom. The molecule has 4 rings (SSSR count). The maximum Gasteiger partial charge on any atom is 0.341 e. The SMILES string of the molecule is CC[C@@H](CC[C@@H]1[C@H]2Cc3cccc(OCC(=O)O)c3C[C@H]2C[C@H]1O)OC(=O)C1CC1. The molecule has 3 aliphatic rings. The van der Waals surface area contributed by atoms with Crippen LogP contribution >= 0.6 is 0 Å². The average molecular weight is 417 g/mol. The highest BCUT2D eigenvalue weighted by atomic mass is 16.5. The normalized spacial score (nSPS) is 28.3. The molecule has 0 aromatic heterocycles. The van der Waals surface area contributed by atoms with Crippen LogP contribution in [0, 0.1) is 23.7 Å². The molecule has 6 nitrogen and oxygen atoms in total. The van der Waals surface area contributed by atoms with Crippen LogP contribution in [-0.2, 0) is 27.2 Å². The summed E-state index contributed by atoms with van der Waals surface area (Å²) in [5, 5.41) is 19.7. The van der Waals surface area contributed by atoms with E-state index in [4.69, 9.17) is 14.6 Å². The van der Waals surface area contributed by atoms with Crippen molar-refractivity contribution in [2.45, 2.75) is 70.5 Å². The summed E-state index contributed by atoms with van der Waals surface area (Å²) in [6.07, 6.45) is 6.45. The zero-order valence-corrected chi connectivity index (χ0v) is 17.6. The Balaban J connectivity index is 1.40. The van der Waals surface area contributed by atoms with Gasteiger partial charge >= 0.3 is 11.9 Å². The third-order valence-corrected chi connectivity index (χ3v) is 7.17. The molecule has 164 valence electrons. The number of aliphatic carboxylic acids is 1. The van der Waals surface area contributed by atoms with Crippen LogP contribution in [0.4, 0.5) is 0 Å². The lowest BCUT2D eigenvalue weighted by molar-refractivity contribution is -0.151. The van der Waals surface area contributed by atoms with Gasteiger partial charge in [-0.15, -0.1) is 0 Å². The molecule has 0 unspecified atom stereocenters. The van der Waals surface area contributed by atoms with Gasteiger partial charge in [0.1, 0.15) is 11.9 Å². The van der Waals surface area contributed by atoms with Crippen LogP contribution in [0.3, 0.4) is 0 Å². The molecular formula is C24H32O6. The molecule has 2 fully saturated rings. The Kier molecular flexibility index (Phi) is 6.32. The van der Waals surface area contributed by atoms with E-state index in [9.17, 15) is 14.7 Å². The van der Waals surface area contributed by atoms with Gasteiger partial charge in [0, 0.05) is 0 Å². The third kappa shape index (κ3) is 4.64. The largest absolute Gasteiger partial charge is 0.482 e. The fourth-order valence-corrected chi connectivity index (χ4v) is 5.38. The Labute approximate surface area is 177 Å². The van der Waals surface area contributed by atoms with E-state index >= 15 is 0 Å². The monoisotopic (exact) mass is 416 g/mol. The maximum atomic E-state index is 12.0. The highest BCUT2D eigenvalue weighted by Gasteiger charge is 2.45. The Bertz CT molecular complexity index is 786. The number of hydrogen-bond donors (Lipinski definition) is 2. The summed E-state index contributed by atoms with van der Waals surface area (Å²) >= 11 is 0. The molecule has 0 amide bonds. The van der Waals surface area contributed by atoms with Crippen LogP contribution in [-0.4, -0.2) is 41.0 Å². The first-order chi connectivity index (χ1) is 14.5. The van der Waals surface area contributed by atoms with Crippen molar-refractivity contribution in [3.63, 3.8) is 0 Å². The molecule has 0 spiro atoms. The van der Waals surface area contributed by atoms with Crippen molar-refractivity contribution in [2.75, 3.05) is 6.61 Å². The molecule has 1 aromatic carbocycles. The number of carbonyl (C=O) groups excluding carboxylic acids is 1. The van der Waals surface area contributed by atoms with Gasteiger partial charge in [-0.1, -0.05) is 19.1 Å². The van der Waals surface area contributed by atoms with Gasteiger partial charge in [0.2, 0.25) is 0 Å². The van der Waals surface area contributed by atoms with Crippen LogP contribution < -0.4 is 4.74 Å². The molecule has 6 heteroatoms. The predicted octanol–water partition coefficient (Wildman–Crippen LogP) is 3.37. The lowest BCUT2D eigenvalue weighted by atomic mass is 9.73. The number of aliphatic hydroxyl groups is 1. The van der Waals surface area contributed by atoms with Crippen molar-refractivity contribution in [1.82, 2.24) is 0 Å². The molecular weight excluding hydrogens is 384 g/mol. The first-order valence-electron chi connectivity index (χ1n) is 11.3. The van der Waals surface area contributed by atoms with Gasteiger partial charge in [0.25, 0.3) is 0 Å². The molecule has 0 bridgehead atoms. The van der Waals surface area contributed by atoms with E-state index in [0.29, 0.717) is 17.6 Å². The van der Waals surface area contributed by atoms with Gasteiger partial charge in [-0.2, -0.15) is 0 Å². The minimum atomic E-state index is -0.981. The molecule has 30 heavy (non-hydrogen) atoms. The summed E-state index contributed by atoms with van der Waals surface area (Å²) < 4.78 is 11.2. The molecule has 2 N–H and O–H groups in total. The van der Waals surface area contributed by atoms with Crippen LogP contribution in [0.5, 0.6) is 5.75 Å². The number of carboxylic acids is 1. The summed E-state index contributed by atoms with van der Waals surface area (Å²) in [5.41, 5.74) is 2.29. The molecule has 0 aliphatic heterocycles. The summed E-state index contributed by atoms with van der Waals surface area (Å²) in [6.45, 7) is 1.71. The van der Waals surface area contributed by atoms with Crippen molar-refractivity contribution in [3.8, 4) is 5.75 Å². The second kappa shape index (κ2) is 8.96. The third-order valence-electron chi connectivity index (χ3n) is 7.17. The minimum absolute atomic E-state index is 0.0489. The first-order valence-corrected chi connectivity index (χ1v) is 11.3. The number of ether oxygens (including phenoxy) is 2. The van der Waals surface area contributed by atoms with Crippen LogP contribution in [0.2, 0.25) is 0 Å². The van der Waals surface area contributed by atoms with E-state index in [1.165, 1.54) is 5.56 Å². The van der Waals surface area contributed by atoms with E-state index < -0.39 is 5.97 Å². The van der Waals surface area contributed by atoms with Crippen molar-refractivity contribution in [3.05, 3.63) is 29.3 Å². The standard InChI is InChI=1S/C24H32O6/c1-2-17(30-24(28)14-6-7-14)8-9-18-19-10-15-4-3-5-22(29-13-23(26)27)20(15)11-16(19)12-21(18)25/h3-5,14,16-19,21,25H,2,6-13H2,1H3,(H,26,27)/t16-,17-,18+,19-,21+/m0/s1. The highest BCUT2D eigenvalue weighted by molar-refractivity contribution is 5.75. The Hall–Kier alpha value is -2.08. The predicted molar refractivity (Wildman–Crippen MR) is 110 cm³/mol. The number of aliphatic hydroxyl groups excluding tert-OH is 1. The number of benzene rings is 1. The number of esters is 1. The van der Waals surface area contributed by atoms with E-state index in [1.807, 2.05) is 19.1 Å². The smallest absolute Gasteiger partial charge is 0.341 e. The van der Waals surface area contributed by atoms with Crippen LogP contribution in [0.1, 0.15) is 56.6 Å². The molecule has 3 aliphatic carbocycles. The summed E-state index contributed by atoms with van der Waals surface area (Å²) in [4.78, 5) is 22.9. The molecule has 0 radical (unpaired) electrons. The van der Waals surface area contributed by atoms with Crippen molar-refractivity contribution < 1.29 is 29.3 Å². The fraction of sp³-hybridized carbons (Fsp3) is 0.667. The first kappa shape index (κ1) is 21.2. The topological polar surface area (TPSA) is 93.1 Å². The fourth-order valence-electron chi connectivity index (χ4n) is 5.38. The number of fused-ring (bicyclic) bond motifs is 2. The molecule has 0 heterocycles. The lowest BCUT2D eigenvalue weighted by Gasteiger charge is -2.32. The number of hydrogen-bond acceptors (Lipinski definition) is 5. The van der Waals surface area contributed by atoms with E-state index in [-0.39, 0.29) is 36.6 Å². The van der Waals surface area contributed by atoms with Gasteiger partial charge in [0.15, 0.2) is 6.61 Å². The van der Waals surface area contributed by atoms with Gasteiger partial charge in [-0.3, -0.25) is 4.79 Å². The summed E-state index contributed by atoms with van der Waals surface area (Å²) in [6, 6.07) is 5.85. The second-order valence-corrected chi connectivity index (χ2v) is 9.19. The number of rotatable bonds is 9. The van der Waals surface area contributed by atoms with Gasteiger partial charge < -0.3 is 19.7 Å². The van der Waals surface area contributed by atoms with Gasteiger partial charge in [-0.05, 0) is 86.3 Å². The highest BCUT2D eigenvalue weighted by Crippen LogP contribution is 2.48. The summed E-state index contributed by atoms with van der Waals surface area (Å²) in [7, 11) is 0. The molecule has 0 saturated heterocycles. The summed E-state index contributed by atoms with van der Waals surface area (Å²) in [5.74, 6) is 0.732. The molecule has 5 atom stereocenters. The maximum absolute atomic E-state index is 12.0. The van der Waals surface area contributed by atoms with Crippen molar-refractivity contribution in [1.29, 1.82) is 0 Å². The van der Waals surface area contributed by atoms with Crippen molar-refractivity contribution in [2.24, 2.45) is 23.7 Å². The number of carbonyl (C=O) groups is 2. The zero-order chi connectivity index (χ0) is 21.3. The zero-order valence-electron chi connectivity index (χ0n) is 17.6. The average Bonchev–Trinajstić information content (AvgIpc) is 3.52. The van der Waals surface area contributed by atoms with Gasteiger partial charge in [0.05, 0.1) is 12.0 Å². The minimum Gasteiger partial charge on any atom is -0.482 e. The quantitative estimate of drug-likeness (QED) is 0.600. The Morgan fingerprint density at radius 2 is 2.03 bits per heavy atom. The number of carboxylic acid groups (broad SMARTS) is 1. The van der Waals surface area contributed by atoms with Crippen LogP contribution in [0.15, 0.2) is 18.2 Å². The van der Waals surface area contributed by atoms with Crippen LogP contribution in [0.25, 0.3) is 0 Å². The molecule has 2 saturated carbocycles. The second-order valence-electron chi connectivity index (χ2n) is 9.19. The van der Waals surface area contributed by atoms with Crippen molar-refractivity contribution >= 4 is 11.9 Å². The lowest BCUT2D eigenvalue weighted by Crippen LogP contribution is -2.28. The van der Waals surface area contributed by atoms with E-state index in [2.05, 4.69) is 6.07 Å².